The molecule has 0 saturated heterocycles. The van der Waals surface area contributed by atoms with E-state index in [-0.39, 0.29) is 10.9 Å². The number of sulfone groups is 1. The van der Waals surface area contributed by atoms with Gasteiger partial charge in [0.1, 0.15) is 11.3 Å². The maximum absolute atomic E-state index is 11.8. The largest absolute Gasteiger partial charge is 0.330 e. The molecule has 0 aliphatic heterocycles. The monoisotopic (exact) mass is 281 g/mol. The van der Waals surface area contributed by atoms with Crippen molar-refractivity contribution in [2.24, 2.45) is 12.8 Å². The van der Waals surface area contributed by atoms with E-state index in [1.54, 1.807) is 12.1 Å². The van der Waals surface area contributed by atoms with Crippen LogP contribution in [0.5, 0.6) is 0 Å². The second-order valence-corrected chi connectivity index (χ2v) is 6.80. The minimum Gasteiger partial charge on any atom is -0.330 e. The number of fused-ring (bicyclic) bond motifs is 1. The van der Waals surface area contributed by atoms with Crippen LogP contribution in [-0.2, 0) is 16.9 Å². The highest BCUT2D eigenvalue weighted by Crippen LogP contribution is 2.26. The van der Waals surface area contributed by atoms with Crippen molar-refractivity contribution in [3.63, 3.8) is 0 Å². The van der Waals surface area contributed by atoms with Crippen molar-refractivity contribution in [1.82, 2.24) is 9.55 Å². The molecule has 1 heterocycles. The van der Waals surface area contributed by atoms with Crippen molar-refractivity contribution in [2.75, 3.05) is 6.26 Å². The van der Waals surface area contributed by atoms with E-state index in [4.69, 9.17) is 5.73 Å². The predicted octanol–water partition coefficient (Wildman–Crippen LogP) is 1.78. The normalized spacial score (nSPS) is 13.9. The summed E-state index contributed by atoms with van der Waals surface area (Å²) in [4.78, 5) is 4.72. The van der Waals surface area contributed by atoms with Crippen LogP contribution in [0.4, 0.5) is 0 Å². The average Bonchev–Trinajstić information content (AvgIpc) is 2.66. The Balaban J connectivity index is 2.70. The molecule has 0 amide bonds. The summed E-state index contributed by atoms with van der Waals surface area (Å²) in [5.74, 6) is 0.730. The summed E-state index contributed by atoms with van der Waals surface area (Å²) >= 11 is 0. The third-order valence-corrected chi connectivity index (χ3v) is 4.37. The van der Waals surface area contributed by atoms with E-state index in [9.17, 15) is 8.42 Å². The standard InChI is InChI=1S/C13H19N3O2S/c1-4-6-9(14)13-15-12-10(16(13)2)7-5-8-11(12)19(3,17)18/h5,7-9H,4,6,14H2,1-3H3. The van der Waals surface area contributed by atoms with Gasteiger partial charge in [-0.15, -0.1) is 0 Å². The van der Waals surface area contributed by atoms with Gasteiger partial charge in [-0.25, -0.2) is 13.4 Å². The second kappa shape index (κ2) is 4.94. The first kappa shape index (κ1) is 14.0. The minimum absolute atomic E-state index is 0.171. The zero-order valence-corrected chi connectivity index (χ0v) is 12.2. The summed E-state index contributed by atoms with van der Waals surface area (Å²) < 4.78 is 25.4. The Morgan fingerprint density at radius 1 is 1.42 bits per heavy atom. The molecule has 1 atom stereocenters. The van der Waals surface area contributed by atoms with E-state index in [0.29, 0.717) is 5.52 Å². The quantitative estimate of drug-likeness (QED) is 0.926. The first-order valence-electron chi connectivity index (χ1n) is 6.27. The molecule has 104 valence electrons. The number of benzene rings is 1. The van der Waals surface area contributed by atoms with Gasteiger partial charge in [0.05, 0.1) is 16.5 Å². The molecule has 0 radical (unpaired) electrons. The molecule has 5 nitrogen and oxygen atoms in total. The number of hydrogen-bond acceptors (Lipinski definition) is 4. The molecule has 1 aromatic heterocycles. The molecule has 0 aliphatic carbocycles. The number of para-hydroxylation sites is 1. The van der Waals surface area contributed by atoms with Crippen LogP contribution in [0.15, 0.2) is 23.1 Å². The van der Waals surface area contributed by atoms with Gasteiger partial charge in [0.15, 0.2) is 9.84 Å². The summed E-state index contributed by atoms with van der Waals surface area (Å²) in [6, 6.07) is 5.00. The number of rotatable bonds is 4. The fourth-order valence-corrected chi connectivity index (χ4v) is 3.10. The van der Waals surface area contributed by atoms with Crippen molar-refractivity contribution in [3.8, 4) is 0 Å². The summed E-state index contributed by atoms with van der Waals surface area (Å²) in [6.07, 6.45) is 2.98. The van der Waals surface area contributed by atoms with Gasteiger partial charge < -0.3 is 10.3 Å². The van der Waals surface area contributed by atoms with Crippen molar-refractivity contribution in [1.29, 1.82) is 0 Å². The van der Waals surface area contributed by atoms with Gasteiger partial charge in [0.25, 0.3) is 0 Å². The fraction of sp³-hybridized carbons (Fsp3) is 0.462. The number of aryl methyl sites for hydroxylation is 1. The van der Waals surface area contributed by atoms with Crippen LogP contribution < -0.4 is 5.73 Å². The maximum atomic E-state index is 11.8. The van der Waals surface area contributed by atoms with Crippen LogP contribution in [0.3, 0.4) is 0 Å². The van der Waals surface area contributed by atoms with E-state index in [1.807, 2.05) is 17.7 Å². The molecule has 2 N–H and O–H groups in total. The summed E-state index contributed by atoms with van der Waals surface area (Å²) in [5.41, 5.74) is 7.40. The lowest BCUT2D eigenvalue weighted by molar-refractivity contribution is 0.583. The van der Waals surface area contributed by atoms with E-state index >= 15 is 0 Å². The lowest BCUT2D eigenvalue weighted by Gasteiger charge is -2.09. The zero-order valence-electron chi connectivity index (χ0n) is 11.4. The highest BCUT2D eigenvalue weighted by Gasteiger charge is 2.19. The second-order valence-electron chi connectivity index (χ2n) is 4.82. The molecule has 0 aliphatic rings. The molecule has 0 fully saturated rings. The Morgan fingerprint density at radius 3 is 2.68 bits per heavy atom. The fourth-order valence-electron chi connectivity index (χ4n) is 2.28. The van der Waals surface area contributed by atoms with Gasteiger partial charge in [-0.1, -0.05) is 19.4 Å². The zero-order chi connectivity index (χ0) is 14.2. The molecular weight excluding hydrogens is 262 g/mol. The number of imidazole rings is 1. The van der Waals surface area contributed by atoms with Crippen LogP contribution >= 0.6 is 0 Å². The molecule has 0 bridgehead atoms. The highest BCUT2D eigenvalue weighted by molar-refractivity contribution is 7.91. The molecule has 1 aromatic carbocycles. The molecular formula is C13H19N3O2S. The van der Waals surface area contributed by atoms with Crippen molar-refractivity contribution in [3.05, 3.63) is 24.0 Å². The van der Waals surface area contributed by atoms with Crippen LogP contribution in [0, 0.1) is 0 Å². The van der Waals surface area contributed by atoms with Crippen LogP contribution in [0.2, 0.25) is 0 Å². The Kier molecular flexibility index (Phi) is 3.64. The van der Waals surface area contributed by atoms with Gasteiger partial charge in [-0.05, 0) is 18.6 Å². The first-order chi connectivity index (χ1) is 8.86. The Bertz CT molecular complexity index is 704. The molecule has 0 spiro atoms. The van der Waals surface area contributed by atoms with Crippen molar-refractivity contribution < 1.29 is 8.42 Å². The molecule has 6 heteroatoms. The van der Waals surface area contributed by atoms with Gasteiger partial charge in [-0.2, -0.15) is 0 Å². The smallest absolute Gasteiger partial charge is 0.177 e. The lowest BCUT2D eigenvalue weighted by atomic mass is 10.2. The lowest BCUT2D eigenvalue weighted by Crippen LogP contribution is -2.14. The Hall–Kier alpha value is -1.40. The Labute approximate surface area is 113 Å². The summed E-state index contributed by atoms with van der Waals surface area (Å²) in [6.45, 7) is 2.06. The molecule has 0 saturated carbocycles. The Morgan fingerprint density at radius 2 is 2.11 bits per heavy atom. The van der Waals surface area contributed by atoms with Crippen LogP contribution in [-0.4, -0.2) is 24.2 Å². The van der Waals surface area contributed by atoms with Gasteiger partial charge >= 0.3 is 0 Å². The third-order valence-electron chi connectivity index (χ3n) is 3.24. The average molecular weight is 281 g/mol. The van der Waals surface area contributed by atoms with E-state index in [0.717, 1.165) is 24.2 Å². The SMILES string of the molecule is CCCC(N)c1nc2c(S(C)(=O)=O)cccc2n1C. The highest BCUT2D eigenvalue weighted by atomic mass is 32.2. The minimum atomic E-state index is -3.29. The maximum Gasteiger partial charge on any atom is 0.177 e. The number of aromatic nitrogens is 2. The molecule has 1 unspecified atom stereocenters. The number of hydrogen-bond donors (Lipinski definition) is 1. The summed E-state index contributed by atoms with van der Waals surface area (Å²) in [7, 11) is -1.42. The van der Waals surface area contributed by atoms with Crippen LogP contribution in [0.25, 0.3) is 11.0 Å². The topological polar surface area (TPSA) is 78.0 Å². The number of nitrogens with two attached hydrogens (primary N) is 1. The predicted molar refractivity (Wildman–Crippen MR) is 75.7 cm³/mol. The third kappa shape index (κ3) is 2.50. The summed E-state index contributed by atoms with van der Waals surface area (Å²) in [5, 5.41) is 0. The number of nitrogens with zero attached hydrogens (tertiary/aromatic N) is 2. The molecule has 2 aromatic rings. The first-order valence-corrected chi connectivity index (χ1v) is 8.16. The van der Waals surface area contributed by atoms with Crippen molar-refractivity contribution >= 4 is 20.9 Å². The van der Waals surface area contributed by atoms with E-state index in [2.05, 4.69) is 11.9 Å². The van der Waals surface area contributed by atoms with E-state index in [1.165, 1.54) is 6.26 Å². The van der Waals surface area contributed by atoms with Gasteiger partial charge in [-0.3, -0.25) is 0 Å². The van der Waals surface area contributed by atoms with E-state index < -0.39 is 9.84 Å². The van der Waals surface area contributed by atoms with Crippen molar-refractivity contribution in [2.45, 2.75) is 30.7 Å². The van der Waals surface area contributed by atoms with Gasteiger partial charge in [0.2, 0.25) is 0 Å². The molecule has 19 heavy (non-hydrogen) atoms. The van der Waals surface area contributed by atoms with Gasteiger partial charge in [0, 0.05) is 13.3 Å². The van der Waals surface area contributed by atoms with Crippen LogP contribution in [0.1, 0.15) is 31.6 Å². The molecule has 2 rings (SSSR count).